The number of nitrogens with zero attached hydrogens (tertiary/aromatic N) is 1. The van der Waals surface area contributed by atoms with Crippen LogP contribution in [-0.4, -0.2) is 28.7 Å². The fraction of sp³-hybridized carbons (Fsp3) is 0.857. The summed E-state index contributed by atoms with van der Waals surface area (Å²) >= 11 is 0. The number of hydrogen-bond acceptors (Lipinski definition) is 1. The first-order valence-electron chi connectivity index (χ1n) is 3.77. The van der Waals surface area contributed by atoms with Crippen LogP contribution in [0.3, 0.4) is 0 Å². The molecular formula is C7H11NO2. The minimum Gasteiger partial charge on any atom is -0.465 e. The smallest absolute Gasteiger partial charge is 0.407 e. The number of hydrogen-bond donors (Lipinski definition) is 1. The minimum atomic E-state index is -0.729. The second-order valence-corrected chi connectivity index (χ2v) is 3.27. The van der Waals surface area contributed by atoms with Crippen molar-refractivity contribution in [2.24, 2.45) is 5.92 Å². The Labute approximate surface area is 59.6 Å². The Kier molecular flexibility index (Phi) is 1.13. The summed E-state index contributed by atoms with van der Waals surface area (Å²) in [5, 5.41) is 8.66. The van der Waals surface area contributed by atoms with Crippen molar-refractivity contribution in [1.29, 1.82) is 0 Å². The quantitative estimate of drug-likeness (QED) is 0.549. The molecule has 0 aromatic carbocycles. The van der Waals surface area contributed by atoms with E-state index in [0.717, 1.165) is 19.4 Å². The van der Waals surface area contributed by atoms with Crippen LogP contribution in [0.25, 0.3) is 0 Å². The summed E-state index contributed by atoms with van der Waals surface area (Å²) in [4.78, 5) is 12.1. The van der Waals surface area contributed by atoms with Gasteiger partial charge < -0.3 is 10.0 Å². The molecule has 1 heterocycles. The van der Waals surface area contributed by atoms with E-state index in [1.165, 1.54) is 6.42 Å². The second kappa shape index (κ2) is 1.87. The van der Waals surface area contributed by atoms with Gasteiger partial charge in [0.05, 0.1) is 0 Å². The van der Waals surface area contributed by atoms with Crippen LogP contribution in [0.2, 0.25) is 0 Å². The lowest BCUT2D eigenvalue weighted by molar-refractivity contribution is 0.130. The maximum Gasteiger partial charge on any atom is 0.407 e. The topological polar surface area (TPSA) is 40.5 Å². The Hall–Kier alpha value is -0.730. The third-order valence-electron chi connectivity index (χ3n) is 2.65. The highest BCUT2D eigenvalue weighted by Gasteiger charge is 2.40. The minimum absolute atomic E-state index is 0.363. The summed E-state index contributed by atoms with van der Waals surface area (Å²) in [6.07, 6.45) is 2.73. The molecule has 0 radical (unpaired) electrons. The Balaban J connectivity index is 2.08. The van der Waals surface area contributed by atoms with Crippen molar-refractivity contribution in [1.82, 2.24) is 4.90 Å². The summed E-state index contributed by atoms with van der Waals surface area (Å²) in [6, 6.07) is 0.363. The molecule has 1 saturated carbocycles. The van der Waals surface area contributed by atoms with Crippen molar-refractivity contribution in [3.63, 3.8) is 0 Å². The Morgan fingerprint density at radius 3 is 2.60 bits per heavy atom. The van der Waals surface area contributed by atoms with Crippen molar-refractivity contribution >= 4 is 6.09 Å². The van der Waals surface area contributed by atoms with Crippen molar-refractivity contribution in [2.45, 2.75) is 25.3 Å². The zero-order chi connectivity index (χ0) is 7.14. The number of carbonyl (C=O) groups is 1. The molecule has 2 fully saturated rings. The Morgan fingerprint density at radius 2 is 2.30 bits per heavy atom. The van der Waals surface area contributed by atoms with E-state index in [4.69, 9.17) is 5.11 Å². The third kappa shape index (κ3) is 0.696. The van der Waals surface area contributed by atoms with Crippen LogP contribution in [0.15, 0.2) is 0 Å². The van der Waals surface area contributed by atoms with E-state index in [2.05, 4.69) is 0 Å². The molecular weight excluding hydrogens is 130 g/mol. The van der Waals surface area contributed by atoms with Crippen LogP contribution in [0.1, 0.15) is 19.3 Å². The molecule has 1 aliphatic carbocycles. The first-order chi connectivity index (χ1) is 4.77. The molecule has 2 unspecified atom stereocenters. The molecule has 3 nitrogen and oxygen atoms in total. The molecule has 10 heavy (non-hydrogen) atoms. The van der Waals surface area contributed by atoms with Gasteiger partial charge in [-0.1, -0.05) is 0 Å². The van der Waals surface area contributed by atoms with Crippen molar-refractivity contribution in [2.75, 3.05) is 6.54 Å². The van der Waals surface area contributed by atoms with Crippen LogP contribution in [0.4, 0.5) is 4.79 Å². The molecule has 1 N–H and O–H groups in total. The molecule has 0 aromatic rings. The summed E-state index contributed by atoms with van der Waals surface area (Å²) < 4.78 is 0. The number of fused-ring (bicyclic) bond motifs is 2. The molecule has 2 bridgehead atoms. The largest absolute Gasteiger partial charge is 0.465 e. The van der Waals surface area contributed by atoms with Gasteiger partial charge in [0, 0.05) is 12.6 Å². The van der Waals surface area contributed by atoms with Gasteiger partial charge in [0.1, 0.15) is 0 Å². The van der Waals surface area contributed by atoms with Gasteiger partial charge in [-0.3, -0.25) is 0 Å². The molecule has 2 aliphatic rings. The maximum atomic E-state index is 10.5. The van der Waals surface area contributed by atoms with Crippen LogP contribution >= 0.6 is 0 Å². The van der Waals surface area contributed by atoms with Crippen LogP contribution in [0.5, 0.6) is 0 Å². The first kappa shape index (κ1) is 6.01. The van der Waals surface area contributed by atoms with Gasteiger partial charge in [0.2, 0.25) is 0 Å². The third-order valence-corrected chi connectivity index (χ3v) is 2.65. The van der Waals surface area contributed by atoms with E-state index in [-0.39, 0.29) is 0 Å². The van der Waals surface area contributed by atoms with Crippen molar-refractivity contribution in [3.05, 3.63) is 0 Å². The van der Waals surface area contributed by atoms with Crippen LogP contribution in [-0.2, 0) is 0 Å². The maximum absolute atomic E-state index is 10.5. The van der Waals surface area contributed by atoms with E-state index < -0.39 is 6.09 Å². The number of rotatable bonds is 0. The molecule has 1 amide bonds. The van der Waals surface area contributed by atoms with Gasteiger partial charge >= 0.3 is 6.09 Å². The molecule has 2 atom stereocenters. The summed E-state index contributed by atoms with van der Waals surface area (Å²) in [7, 11) is 0. The van der Waals surface area contributed by atoms with Gasteiger partial charge in [-0.2, -0.15) is 0 Å². The van der Waals surface area contributed by atoms with Crippen molar-refractivity contribution in [3.8, 4) is 0 Å². The monoisotopic (exact) mass is 141 g/mol. The fourth-order valence-corrected chi connectivity index (χ4v) is 2.16. The molecule has 1 saturated heterocycles. The van der Waals surface area contributed by atoms with E-state index in [0.29, 0.717) is 12.0 Å². The number of carboxylic acid groups (broad SMARTS) is 1. The molecule has 56 valence electrons. The number of piperidine rings is 1. The van der Waals surface area contributed by atoms with Gasteiger partial charge in [-0.15, -0.1) is 0 Å². The SMILES string of the molecule is O=C(O)N1CC2CCC1C2. The molecule has 0 spiro atoms. The van der Waals surface area contributed by atoms with E-state index in [9.17, 15) is 4.79 Å². The van der Waals surface area contributed by atoms with Gasteiger partial charge in [-0.05, 0) is 25.2 Å². The zero-order valence-electron chi connectivity index (χ0n) is 5.79. The molecule has 0 aromatic heterocycles. The predicted octanol–water partition coefficient (Wildman–Crippen LogP) is 1.15. The fourth-order valence-electron chi connectivity index (χ4n) is 2.16. The Bertz CT molecular complexity index is 169. The molecule has 2 rings (SSSR count). The highest BCUT2D eigenvalue weighted by Crippen LogP contribution is 2.36. The normalized spacial score (nSPS) is 37.0. The zero-order valence-corrected chi connectivity index (χ0v) is 5.79. The second-order valence-electron chi connectivity index (χ2n) is 3.27. The molecule has 3 heteroatoms. The summed E-state index contributed by atoms with van der Waals surface area (Å²) in [5.74, 6) is 0.682. The highest BCUT2D eigenvalue weighted by atomic mass is 16.4. The molecule has 1 aliphatic heterocycles. The number of likely N-dealkylation sites (tertiary alicyclic amines) is 1. The number of amides is 1. The van der Waals surface area contributed by atoms with Crippen LogP contribution in [0, 0.1) is 5.92 Å². The average Bonchev–Trinajstić information content (AvgIpc) is 2.44. The lowest BCUT2D eigenvalue weighted by Gasteiger charge is -2.23. The lowest BCUT2D eigenvalue weighted by Crippen LogP contribution is -2.36. The predicted molar refractivity (Wildman–Crippen MR) is 35.9 cm³/mol. The van der Waals surface area contributed by atoms with E-state index >= 15 is 0 Å². The van der Waals surface area contributed by atoms with Crippen LogP contribution < -0.4 is 0 Å². The lowest BCUT2D eigenvalue weighted by atomic mass is 10.1. The van der Waals surface area contributed by atoms with Gasteiger partial charge in [0.15, 0.2) is 0 Å². The van der Waals surface area contributed by atoms with E-state index in [1.807, 2.05) is 0 Å². The van der Waals surface area contributed by atoms with Gasteiger partial charge in [-0.25, -0.2) is 4.79 Å². The van der Waals surface area contributed by atoms with Crippen molar-refractivity contribution < 1.29 is 9.90 Å². The summed E-state index contributed by atoms with van der Waals surface area (Å²) in [5.41, 5.74) is 0. The highest BCUT2D eigenvalue weighted by molar-refractivity contribution is 5.66. The van der Waals surface area contributed by atoms with E-state index in [1.54, 1.807) is 4.90 Å². The standard InChI is InChI=1S/C7H11NO2/c9-7(10)8-4-5-1-2-6(8)3-5/h5-6H,1-4H2,(H,9,10). The first-order valence-corrected chi connectivity index (χ1v) is 3.77. The van der Waals surface area contributed by atoms with Gasteiger partial charge in [0.25, 0.3) is 0 Å². The average molecular weight is 141 g/mol. The Morgan fingerprint density at radius 1 is 1.50 bits per heavy atom. The summed E-state index contributed by atoms with van der Waals surface area (Å²) in [6.45, 7) is 0.792.